The van der Waals surface area contributed by atoms with Crippen LogP contribution in [0.4, 0.5) is 5.69 Å². The molecule has 32 heavy (non-hydrogen) atoms. The van der Waals surface area contributed by atoms with Crippen molar-refractivity contribution in [3.05, 3.63) is 54.7 Å². The van der Waals surface area contributed by atoms with Crippen molar-refractivity contribution in [2.24, 2.45) is 0 Å². The summed E-state index contributed by atoms with van der Waals surface area (Å²) in [6, 6.07) is 17.4. The van der Waals surface area contributed by atoms with Crippen LogP contribution in [0.3, 0.4) is 0 Å². The number of rotatable bonds is 8. The number of nitrogens with zero attached hydrogens (tertiary/aromatic N) is 4. The zero-order valence-corrected chi connectivity index (χ0v) is 18.7. The second kappa shape index (κ2) is 10.2. The van der Waals surface area contributed by atoms with Gasteiger partial charge in [-0.15, -0.1) is 0 Å². The summed E-state index contributed by atoms with van der Waals surface area (Å²) < 4.78 is 13.4. The Morgan fingerprint density at radius 1 is 1.19 bits per heavy atom. The maximum Gasteiger partial charge on any atom is 0.237 e. The van der Waals surface area contributed by atoms with Gasteiger partial charge in [0.1, 0.15) is 13.2 Å². The number of nitriles is 1. The van der Waals surface area contributed by atoms with Crippen molar-refractivity contribution in [2.45, 2.75) is 25.0 Å². The molecule has 0 unspecified atom stereocenters. The van der Waals surface area contributed by atoms with Crippen LogP contribution >= 0.6 is 11.8 Å². The van der Waals surface area contributed by atoms with Crippen LogP contribution in [0.2, 0.25) is 0 Å². The molecule has 2 heterocycles. The number of hydrogen-bond acceptors (Lipinski definition) is 6. The molecule has 0 saturated carbocycles. The molecule has 0 bridgehead atoms. The predicted octanol–water partition coefficient (Wildman–Crippen LogP) is 4.38. The van der Waals surface area contributed by atoms with Gasteiger partial charge < -0.3 is 18.9 Å². The Balaban J connectivity index is 1.51. The van der Waals surface area contributed by atoms with Gasteiger partial charge in [-0.3, -0.25) is 4.79 Å². The molecule has 1 aliphatic heterocycles. The second-order valence-electron chi connectivity index (χ2n) is 7.11. The highest BCUT2D eigenvalue weighted by molar-refractivity contribution is 7.99. The van der Waals surface area contributed by atoms with E-state index in [0.717, 1.165) is 40.1 Å². The quantitative estimate of drug-likeness (QED) is 0.476. The van der Waals surface area contributed by atoms with Crippen molar-refractivity contribution in [1.82, 2.24) is 9.55 Å². The summed E-state index contributed by atoms with van der Waals surface area (Å²) in [5.74, 6) is 1.67. The van der Waals surface area contributed by atoms with E-state index < -0.39 is 0 Å². The minimum atomic E-state index is -0.0528. The first-order valence-corrected chi connectivity index (χ1v) is 11.5. The Labute approximate surface area is 191 Å². The van der Waals surface area contributed by atoms with Crippen molar-refractivity contribution in [3.8, 4) is 28.8 Å². The van der Waals surface area contributed by atoms with Crippen molar-refractivity contribution in [2.75, 3.05) is 30.4 Å². The molecule has 0 atom stereocenters. The van der Waals surface area contributed by atoms with Gasteiger partial charge in [-0.1, -0.05) is 30.0 Å². The average molecular weight is 449 g/mol. The molecule has 1 aromatic heterocycles. The number of benzene rings is 2. The van der Waals surface area contributed by atoms with Crippen molar-refractivity contribution < 1.29 is 14.3 Å². The molecule has 0 spiro atoms. The molecule has 0 radical (unpaired) electrons. The van der Waals surface area contributed by atoms with Gasteiger partial charge >= 0.3 is 0 Å². The first-order valence-electron chi connectivity index (χ1n) is 10.5. The average Bonchev–Trinajstić information content (AvgIpc) is 3.26. The van der Waals surface area contributed by atoms with E-state index in [2.05, 4.69) is 22.5 Å². The van der Waals surface area contributed by atoms with E-state index in [1.807, 2.05) is 54.7 Å². The molecule has 1 amide bonds. The summed E-state index contributed by atoms with van der Waals surface area (Å²) in [5, 5.41) is 9.76. The summed E-state index contributed by atoms with van der Waals surface area (Å²) in [5.41, 5.74) is 2.75. The standard InChI is InChI=1S/C24H24N4O3S/c1-2-27-20(18-9-10-21-22(15-18)31-14-13-30-21)16-26-24(27)32-17-23(29)28(12-6-11-25)19-7-4-3-5-8-19/h3-5,7-10,15-16H,2,6,12-14,17H2,1H3. The number of ether oxygens (including phenoxy) is 2. The number of carbonyl (C=O) groups excluding carboxylic acids is 1. The monoisotopic (exact) mass is 448 g/mol. The third kappa shape index (κ3) is 4.73. The van der Waals surface area contributed by atoms with Crippen LogP contribution < -0.4 is 14.4 Å². The number of imidazole rings is 1. The molecule has 3 aromatic rings. The molecule has 0 saturated heterocycles. The summed E-state index contributed by atoms with van der Waals surface area (Å²) in [4.78, 5) is 19.2. The molecule has 7 nitrogen and oxygen atoms in total. The fourth-order valence-electron chi connectivity index (χ4n) is 3.58. The second-order valence-corrected chi connectivity index (χ2v) is 8.05. The van der Waals surface area contributed by atoms with E-state index in [0.29, 0.717) is 19.8 Å². The van der Waals surface area contributed by atoms with E-state index in [1.165, 1.54) is 11.8 Å². The van der Waals surface area contributed by atoms with E-state index in [-0.39, 0.29) is 18.1 Å². The van der Waals surface area contributed by atoms with Crippen LogP contribution in [0.5, 0.6) is 11.5 Å². The lowest BCUT2D eigenvalue weighted by molar-refractivity contribution is -0.116. The zero-order chi connectivity index (χ0) is 22.3. The van der Waals surface area contributed by atoms with Gasteiger partial charge in [-0.25, -0.2) is 4.98 Å². The number of amides is 1. The number of carbonyl (C=O) groups is 1. The Bertz CT molecular complexity index is 1120. The van der Waals surface area contributed by atoms with E-state index in [9.17, 15) is 4.79 Å². The highest BCUT2D eigenvalue weighted by atomic mass is 32.2. The van der Waals surface area contributed by atoms with E-state index in [1.54, 1.807) is 4.90 Å². The zero-order valence-electron chi connectivity index (χ0n) is 17.9. The predicted molar refractivity (Wildman–Crippen MR) is 124 cm³/mol. The molecule has 0 fully saturated rings. The molecule has 0 aliphatic carbocycles. The Morgan fingerprint density at radius 2 is 1.97 bits per heavy atom. The minimum Gasteiger partial charge on any atom is -0.486 e. The summed E-state index contributed by atoms with van der Waals surface area (Å²) in [7, 11) is 0. The van der Waals surface area contributed by atoms with Crippen LogP contribution in [0, 0.1) is 11.3 Å². The van der Waals surface area contributed by atoms with Gasteiger partial charge in [0.15, 0.2) is 16.7 Å². The van der Waals surface area contributed by atoms with Gasteiger partial charge in [0.25, 0.3) is 0 Å². The van der Waals surface area contributed by atoms with Gasteiger partial charge in [-0.05, 0) is 37.3 Å². The fourth-order valence-corrected chi connectivity index (χ4v) is 4.50. The Hall–Kier alpha value is -3.44. The molecule has 8 heteroatoms. The lowest BCUT2D eigenvalue weighted by atomic mass is 10.1. The summed E-state index contributed by atoms with van der Waals surface area (Å²) in [6.07, 6.45) is 2.11. The van der Waals surface area contributed by atoms with Crippen LogP contribution in [0.15, 0.2) is 59.9 Å². The molecule has 4 rings (SSSR count). The van der Waals surface area contributed by atoms with Gasteiger partial charge in [-0.2, -0.15) is 5.26 Å². The maximum atomic E-state index is 13.0. The van der Waals surface area contributed by atoms with Gasteiger partial charge in [0, 0.05) is 24.3 Å². The smallest absolute Gasteiger partial charge is 0.237 e. The topological polar surface area (TPSA) is 80.4 Å². The van der Waals surface area contributed by atoms with Crippen LogP contribution in [-0.2, 0) is 11.3 Å². The van der Waals surface area contributed by atoms with Gasteiger partial charge in [0.2, 0.25) is 5.91 Å². The van der Waals surface area contributed by atoms with Crippen LogP contribution in [0.25, 0.3) is 11.3 Å². The number of fused-ring (bicyclic) bond motifs is 1. The lowest BCUT2D eigenvalue weighted by Gasteiger charge is -2.21. The third-order valence-electron chi connectivity index (χ3n) is 5.11. The highest BCUT2D eigenvalue weighted by Crippen LogP contribution is 2.35. The summed E-state index contributed by atoms with van der Waals surface area (Å²) in [6.45, 7) is 4.23. The molecular formula is C24H24N4O3S. The summed E-state index contributed by atoms with van der Waals surface area (Å²) >= 11 is 1.40. The molecule has 164 valence electrons. The Kier molecular flexibility index (Phi) is 6.97. The van der Waals surface area contributed by atoms with Crippen molar-refractivity contribution >= 4 is 23.4 Å². The van der Waals surface area contributed by atoms with E-state index >= 15 is 0 Å². The van der Waals surface area contributed by atoms with E-state index in [4.69, 9.17) is 14.7 Å². The Morgan fingerprint density at radius 3 is 2.72 bits per heavy atom. The van der Waals surface area contributed by atoms with Crippen LogP contribution in [-0.4, -0.2) is 41.0 Å². The molecule has 2 aromatic carbocycles. The number of aromatic nitrogens is 2. The lowest BCUT2D eigenvalue weighted by Crippen LogP contribution is -2.33. The van der Waals surface area contributed by atoms with Crippen molar-refractivity contribution in [3.63, 3.8) is 0 Å². The molecule has 0 N–H and O–H groups in total. The fraction of sp³-hybridized carbons (Fsp3) is 0.292. The normalized spacial score (nSPS) is 12.2. The number of para-hydroxylation sites is 1. The maximum absolute atomic E-state index is 13.0. The molecule has 1 aliphatic rings. The first kappa shape index (κ1) is 21.8. The number of thioether (sulfide) groups is 1. The minimum absolute atomic E-state index is 0.0528. The molecular weight excluding hydrogens is 424 g/mol. The first-order chi connectivity index (χ1) is 15.7. The number of hydrogen-bond donors (Lipinski definition) is 0. The SMILES string of the molecule is CCn1c(-c2ccc3c(c2)OCCO3)cnc1SCC(=O)N(CCC#N)c1ccccc1. The highest BCUT2D eigenvalue weighted by Gasteiger charge is 2.19. The van der Waals surface area contributed by atoms with Gasteiger partial charge in [0.05, 0.1) is 30.1 Å². The largest absolute Gasteiger partial charge is 0.486 e. The van der Waals surface area contributed by atoms with Crippen molar-refractivity contribution in [1.29, 1.82) is 5.26 Å². The third-order valence-corrected chi connectivity index (χ3v) is 6.09. The van der Waals surface area contributed by atoms with Crippen LogP contribution in [0.1, 0.15) is 13.3 Å². The number of anilines is 1.